The predicted molar refractivity (Wildman–Crippen MR) is 210 cm³/mol. The van der Waals surface area contributed by atoms with Gasteiger partial charge in [-0.15, -0.1) is 0 Å². The predicted octanol–water partition coefficient (Wildman–Crippen LogP) is 10.3. The molecule has 2 unspecified atom stereocenters. The number of phosphoric ester groups is 1. The van der Waals surface area contributed by atoms with Crippen LogP contribution in [0.25, 0.3) is 0 Å². The van der Waals surface area contributed by atoms with Gasteiger partial charge in [0.05, 0.1) is 13.2 Å². The fraction of sp³-hybridized carbons (Fsp3) is 0.659. The molecule has 0 saturated heterocycles. The average Bonchev–Trinajstić information content (AvgIpc) is 3.11. The molecular formula is C41H70NO8P. The number of allylic oxidation sites excluding steroid dienone is 12. The number of hydrogen-bond acceptors (Lipinski definition) is 7. The van der Waals surface area contributed by atoms with E-state index in [0.717, 1.165) is 83.5 Å². The van der Waals surface area contributed by atoms with Crippen molar-refractivity contribution in [1.29, 1.82) is 0 Å². The maximum atomic E-state index is 12.0. The molecule has 0 aliphatic heterocycles. The van der Waals surface area contributed by atoms with E-state index in [2.05, 4.69) is 92.1 Å². The number of rotatable bonds is 35. The molecule has 0 aliphatic carbocycles. The van der Waals surface area contributed by atoms with E-state index >= 15 is 0 Å². The zero-order chi connectivity index (χ0) is 37.5. The molecule has 0 heterocycles. The molecule has 0 radical (unpaired) electrons. The van der Waals surface area contributed by atoms with Crippen LogP contribution in [-0.2, 0) is 27.9 Å². The number of unbranched alkanes of at least 4 members (excludes halogenated alkanes) is 10. The van der Waals surface area contributed by atoms with Crippen molar-refractivity contribution >= 4 is 19.7 Å². The summed E-state index contributed by atoms with van der Waals surface area (Å²) in [5.41, 5.74) is 0. The number of ether oxygens (including phenoxy) is 1. The first-order valence-corrected chi connectivity index (χ1v) is 20.9. The van der Waals surface area contributed by atoms with Crippen molar-refractivity contribution in [2.24, 2.45) is 0 Å². The fourth-order valence-electron chi connectivity index (χ4n) is 4.73. The van der Waals surface area contributed by atoms with Crippen LogP contribution in [0.2, 0.25) is 0 Å². The first-order chi connectivity index (χ1) is 24.8. The second kappa shape index (κ2) is 37.2. The largest absolute Gasteiger partial charge is 0.472 e. The quantitative estimate of drug-likeness (QED) is 0.0254. The van der Waals surface area contributed by atoms with Gasteiger partial charge in [-0.2, -0.15) is 0 Å². The van der Waals surface area contributed by atoms with E-state index in [0.29, 0.717) is 12.8 Å². The molecule has 0 aromatic rings. The highest BCUT2D eigenvalue weighted by atomic mass is 31.2. The molecule has 9 nitrogen and oxygen atoms in total. The summed E-state index contributed by atoms with van der Waals surface area (Å²) in [7, 11) is -4.41. The Morgan fingerprint density at radius 2 is 1.12 bits per heavy atom. The Morgan fingerprint density at radius 3 is 1.69 bits per heavy atom. The van der Waals surface area contributed by atoms with Gasteiger partial charge in [0.2, 0.25) is 5.91 Å². The molecule has 292 valence electrons. The van der Waals surface area contributed by atoms with Crippen molar-refractivity contribution in [3.63, 3.8) is 0 Å². The van der Waals surface area contributed by atoms with Gasteiger partial charge in [0, 0.05) is 19.4 Å². The van der Waals surface area contributed by atoms with Gasteiger partial charge >= 0.3 is 13.8 Å². The Balaban J connectivity index is 3.70. The molecule has 0 aromatic heterocycles. The van der Waals surface area contributed by atoms with Crippen molar-refractivity contribution in [2.75, 3.05) is 26.4 Å². The maximum absolute atomic E-state index is 12.0. The lowest BCUT2D eigenvalue weighted by Gasteiger charge is -2.15. The minimum Gasteiger partial charge on any atom is -0.463 e. The highest BCUT2D eigenvalue weighted by Gasteiger charge is 2.23. The average molecular weight is 736 g/mol. The molecule has 0 spiro atoms. The summed E-state index contributed by atoms with van der Waals surface area (Å²) in [6.45, 7) is 3.33. The van der Waals surface area contributed by atoms with Gasteiger partial charge in [0.1, 0.15) is 12.7 Å². The van der Waals surface area contributed by atoms with Crippen LogP contribution in [0.4, 0.5) is 0 Å². The highest BCUT2D eigenvalue weighted by Crippen LogP contribution is 2.42. The van der Waals surface area contributed by atoms with Crippen LogP contribution in [-0.4, -0.2) is 54.3 Å². The Kier molecular flexibility index (Phi) is 35.4. The normalized spacial score (nSPS) is 14.2. The lowest BCUT2D eigenvalue weighted by Crippen LogP contribution is -2.27. The molecule has 0 saturated carbocycles. The van der Waals surface area contributed by atoms with Crippen LogP contribution >= 0.6 is 7.82 Å². The minimum absolute atomic E-state index is 0.0753. The molecule has 10 heteroatoms. The summed E-state index contributed by atoms with van der Waals surface area (Å²) in [5.74, 6) is -0.555. The molecule has 0 aliphatic rings. The zero-order valence-corrected chi connectivity index (χ0v) is 32.7. The molecule has 3 N–H and O–H groups in total. The van der Waals surface area contributed by atoms with Crippen LogP contribution in [0.1, 0.15) is 142 Å². The van der Waals surface area contributed by atoms with Gasteiger partial charge in [0.25, 0.3) is 0 Å². The van der Waals surface area contributed by atoms with E-state index in [1.165, 1.54) is 25.7 Å². The number of nitrogens with one attached hydrogen (secondary N) is 1. The SMILES string of the molecule is CC/C=C\C/C=C\C/C=C\C/C=C\C/C=C\C/C=C\CCCCCCC(=O)OCC(O)COP(=O)(O)OCCNC(=O)CCCCCCCCC. The fourth-order valence-corrected chi connectivity index (χ4v) is 5.49. The number of phosphoric acid groups is 1. The number of esters is 1. The number of carbonyl (C=O) groups is 2. The lowest BCUT2D eigenvalue weighted by molar-refractivity contribution is -0.147. The number of aliphatic hydroxyl groups excluding tert-OH is 1. The first-order valence-electron chi connectivity index (χ1n) is 19.4. The molecule has 0 aromatic carbocycles. The van der Waals surface area contributed by atoms with Crippen LogP contribution in [0.5, 0.6) is 0 Å². The van der Waals surface area contributed by atoms with Gasteiger partial charge < -0.3 is 20.1 Å². The summed E-state index contributed by atoms with van der Waals surface area (Å²) in [4.78, 5) is 33.6. The van der Waals surface area contributed by atoms with E-state index in [1.807, 2.05) is 0 Å². The molecule has 51 heavy (non-hydrogen) atoms. The molecule has 0 bridgehead atoms. The topological polar surface area (TPSA) is 131 Å². The third kappa shape index (κ3) is 38.5. The second-order valence-corrected chi connectivity index (χ2v) is 14.0. The number of aliphatic hydroxyl groups is 1. The van der Waals surface area contributed by atoms with E-state index < -0.39 is 26.5 Å². The first kappa shape index (κ1) is 48.5. The smallest absolute Gasteiger partial charge is 0.463 e. The molecule has 1 amide bonds. The molecular weight excluding hydrogens is 665 g/mol. The lowest BCUT2D eigenvalue weighted by atomic mass is 10.1. The van der Waals surface area contributed by atoms with E-state index in [9.17, 15) is 24.2 Å². The molecule has 2 atom stereocenters. The summed E-state index contributed by atoms with van der Waals surface area (Å²) in [6.07, 6.45) is 44.2. The molecule has 0 rings (SSSR count). The van der Waals surface area contributed by atoms with Crippen LogP contribution < -0.4 is 5.32 Å². The van der Waals surface area contributed by atoms with Gasteiger partial charge in [-0.25, -0.2) is 4.57 Å². The zero-order valence-electron chi connectivity index (χ0n) is 31.8. The minimum atomic E-state index is -4.41. The Bertz CT molecular complexity index is 1070. The number of hydrogen-bond donors (Lipinski definition) is 3. The van der Waals surface area contributed by atoms with E-state index in [1.54, 1.807) is 0 Å². The van der Waals surface area contributed by atoms with Gasteiger partial charge in [-0.3, -0.25) is 18.6 Å². The summed E-state index contributed by atoms with van der Waals surface area (Å²) < 4.78 is 26.7. The number of amides is 1. The van der Waals surface area contributed by atoms with E-state index in [4.69, 9.17) is 13.8 Å². The van der Waals surface area contributed by atoms with Crippen molar-refractivity contribution in [3.05, 3.63) is 72.9 Å². The van der Waals surface area contributed by atoms with Crippen molar-refractivity contribution < 1.29 is 37.9 Å². The van der Waals surface area contributed by atoms with Crippen LogP contribution in [0.15, 0.2) is 72.9 Å². The van der Waals surface area contributed by atoms with Gasteiger partial charge in [0.15, 0.2) is 0 Å². The molecule has 0 fully saturated rings. The summed E-state index contributed by atoms with van der Waals surface area (Å²) in [5, 5.41) is 12.6. The number of carbonyl (C=O) groups excluding carboxylic acids is 2. The van der Waals surface area contributed by atoms with Crippen molar-refractivity contribution in [3.8, 4) is 0 Å². The standard InChI is InChI=1S/C41H70NO8P/c1-3-5-7-9-11-12-13-14-15-16-17-18-19-20-21-22-23-24-25-26-28-30-32-34-41(45)48-37-39(43)38-50-51(46,47)49-36-35-42-40(44)33-31-29-27-10-8-6-4-2/h5,7,11-12,14-15,17-18,20-21,23-24,39,43H,3-4,6,8-10,13,16,19,22,25-38H2,1-2H3,(H,42,44)(H,46,47)/b7-5-,12-11-,15-14-,18-17-,21-20-,24-23-. The third-order valence-corrected chi connectivity index (χ3v) is 8.64. The summed E-state index contributed by atoms with van der Waals surface area (Å²) >= 11 is 0. The third-order valence-electron chi connectivity index (χ3n) is 7.65. The van der Waals surface area contributed by atoms with Crippen LogP contribution in [0, 0.1) is 0 Å². The Labute approximate surface area is 310 Å². The van der Waals surface area contributed by atoms with E-state index in [-0.39, 0.29) is 32.1 Å². The second-order valence-electron chi connectivity index (χ2n) is 12.5. The highest BCUT2D eigenvalue weighted by molar-refractivity contribution is 7.47. The summed E-state index contributed by atoms with van der Waals surface area (Å²) in [6, 6.07) is 0. The van der Waals surface area contributed by atoms with Crippen LogP contribution in [0.3, 0.4) is 0 Å². The monoisotopic (exact) mass is 735 g/mol. The van der Waals surface area contributed by atoms with Gasteiger partial charge in [-0.05, 0) is 64.2 Å². The Hall–Kier alpha value is -2.55. The maximum Gasteiger partial charge on any atom is 0.472 e. The Morgan fingerprint density at radius 1 is 0.627 bits per heavy atom. The van der Waals surface area contributed by atoms with Crippen molar-refractivity contribution in [2.45, 2.75) is 148 Å². The van der Waals surface area contributed by atoms with Gasteiger partial charge in [-0.1, -0.05) is 138 Å². The van der Waals surface area contributed by atoms with Crippen molar-refractivity contribution in [1.82, 2.24) is 5.32 Å².